The zero-order chi connectivity index (χ0) is 21.3. The Balaban J connectivity index is 1.67. The van der Waals surface area contributed by atoms with E-state index in [9.17, 15) is 18.3 Å². The second-order valence-electron chi connectivity index (χ2n) is 8.37. The van der Waals surface area contributed by atoms with Crippen molar-refractivity contribution in [1.82, 2.24) is 19.7 Å². The van der Waals surface area contributed by atoms with E-state index in [0.29, 0.717) is 11.5 Å². The maximum absolute atomic E-state index is 13.4. The zero-order valence-electron chi connectivity index (χ0n) is 16.7. The maximum atomic E-state index is 13.4. The standard InChI is InChI=1S/C22H21F3N4O/c1-12-27-28-20-6-5-14-8-17(18(13-3-4-13)9-19(14)29(12)20)15-7-16(11-26-10-15)21(2,30)22(23,24)25/h7-11,13,30H,3-6H2,1-2H3/t21-/m0/s1. The second kappa shape index (κ2) is 6.38. The van der Waals surface area contributed by atoms with Crippen LogP contribution in [-0.4, -0.2) is 31.0 Å². The van der Waals surface area contributed by atoms with Crippen LogP contribution in [0.3, 0.4) is 0 Å². The van der Waals surface area contributed by atoms with E-state index in [1.165, 1.54) is 6.07 Å². The molecule has 1 aliphatic carbocycles. The Morgan fingerprint density at radius 2 is 1.83 bits per heavy atom. The number of hydrogen-bond donors (Lipinski definition) is 1. The van der Waals surface area contributed by atoms with Gasteiger partial charge in [0.2, 0.25) is 0 Å². The van der Waals surface area contributed by atoms with Crippen LogP contribution < -0.4 is 0 Å². The van der Waals surface area contributed by atoms with Gasteiger partial charge in [-0.1, -0.05) is 0 Å². The Morgan fingerprint density at radius 3 is 2.53 bits per heavy atom. The molecule has 1 aromatic carbocycles. The number of pyridine rings is 1. The van der Waals surface area contributed by atoms with Crippen LogP contribution in [0.15, 0.2) is 30.6 Å². The number of rotatable bonds is 3. The van der Waals surface area contributed by atoms with E-state index in [-0.39, 0.29) is 5.56 Å². The lowest BCUT2D eigenvalue weighted by Crippen LogP contribution is -2.39. The summed E-state index contributed by atoms with van der Waals surface area (Å²) in [4.78, 5) is 4.03. The molecule has 8 heteroatoms. The molecule has 0 radical (unpaired) electrons. The van der Waals surface area contributed by atoms with E-state index >= 15 is 0 Å². The van der Waals surface area contributed by atoms with Crippen LogP contribution in [0.5, 0.6) is 0 Å². The fourth-order valence-corrected chi connectivity index (χ4v) is 4.18. The third-order valence-corrected chi connectivity index (χ3v) is 6.18. The minimum absolute atomic E-state index is 0.260. The van der Waals surface area contributed by atoms with Gasteiger partial charge in [-0.15, -0.1) is 10.2 Å². The van der Waals surface area contributed by atoms with Crippen LogP contribution in [0.25, 0.3) is 16.8 Å². The molecule has 2 aliphatic rings. The molecule has 1 N–H and O–H groups in total. The maximum Gasteiger partial charge on any atom is 0.421 e. The van der Waals surface area contributed by atoms with Gasteiger partial charge in [-0.3, -0.25) is 9.55 Å². The zero-order valence-corrected chi connectivity index (χ0v) is 16.7. The first-order valence-corrected chi connectivity index (χ1v) is 10.00. The molecule has 1 aliphatic heterocycles. The monoisotopic (exact) mass is 414 g/mol. The van der Waals surface area contributed by atoms with E-state index < -0.39 is 11.8 Å². The van der Waals surface area contributed by atoms with Crippen LogP contribution in [-0.2, 0) is 18.4 Å². The predicted molar refractivity (Wildman–Crippen MR) is 104 cm³/mol. The predicted octanol–water partition coefficient (Wildman–Crippen LogP) is 4.38. The number of benzene rings is 1. The summed E-state index contributed by atoms with van der Waals surface area (Å²) in [5.41, 5.74) is 1.52. The summed E-state index contributed by atoms with van der Waals surface area (Å²) in [6.45, 7) is 2.68. The highest BCUT2D eigenvalue weighted by Crippen LogP contribution is 2.47. The summed E-state index contributed by atoms with van der Waals surface area (Å²) < 4.78 is 42.1. The molecule has 0 bridgehead atoms. The third-order valence-electron chi connectivity index (χ3n) is 6.18. The number of aromatic nitrogens is 4. The Morgan fingerprint density at radius 1 is 1.07 bits per heavy atom. The fourth-order valence-electron chi connectivity index (χ4n) is 4.18. The smallest absolute Gasteiger partial charge is 0.376 e. The van der Waals surface area contributed by atoms with Crippen molar-refractivity contribution >= 4 is 0 Å². The van der Waals surface area contributed by atoms with Gasteiger partial charge in [-0.05, 0) is 73.9 Å². The molecular formula is C22H21F3N4O. The minimum Gasteiger partial charge on any atom is -0.376 e. The molecule has 1 fully saturated rings. The molecule has 0 saturated heterocycles. The SMILES string of the molecule is Cc1nnc2n1-c1cc(C3CC3)c(-c3cncc([C@](C)(O)C(F)(F)F)c3)cc1CC2. The molecule has 0 amide bonds. The minimum atomic E-state index is -4.79. The van der Waals surface area contributed by atoms with Crippen molar-refractivity contribution in [2.75, 3.05) is 0 Å². The third kappa shape index (κ3) is 2.93. The molecule has 0 unspecified atom stereocenters. The molecular weight excluding hydrogens is 393 g/mol. The molecule has 3 heterocycles. The largest absolute Gasteiger partial charge is 0.421 e. The molecule has 30 heavy (non-hydrogen) atoms. The molecule has 0 spiro atoms. The van der Waals surface area contributed by atoms with E-state index in [4.69, 9.17) is 0 Å². The van der Waals surface area contributed by atoms with Crippen LogP contribution in [0.4, 0.5) is 13.2 Å². The molecule has 3 aromatic rings. The Kier molecular flexibility index (Phi) is 4.09. The van der Waals surface area contributed by atoms with Crippen molar-refractivity contribution in [3.05, 3.63) is 58.9 Å². The van der Waals surface area contributed by atoms with Gasteiger partial charge in [0.15, 0.2) is 5.60 Å². The lowest BCUT2D eigenvalue weighted by molar-refractivity contribution is -0.259. The second-order valence-corrected chi connectivity index (χ2v) is 8.37. The Bertz CT molecular complexity index is 1150. The number of alkyl halides is 3. The van der Waals surface area contributed by atoms with Crippen molar-refractivity contribution < 1.29 is 18.3 Å². The van der Waals surface area contributed by atoms with Crippen molar-refractivity contribution in [2.45, 2.75) is 57.2 Å². The first kappa shape index (κ1) is 19.2. The highest BCUT2D eigenvalue weighted by molar-refractivity contribution is 5.72. The lowest BCUT2D eigenvalue weighted by atomic mass is 9.89. The van der Waals surface area contributed by atoms with Gasteiger partial charge in [0, 0.05) is 29.9 Å². The first-order valence-electron chi connectivity index (χ1n) is 10.00. The van der Waals surface area contributed by atoms with Crippen LogP contribution in [0.2, 0.25) is 0 Å². The molecule has 1 saturated carbocycles. The van der Waals surface area contributed by atoms with E-state index in [2.05, 4.69) is 31.9 Å². The van der Waals surface area contributed by atoms with Crippen LogP contribution in [0.1, 0.15) is 54.0 Å². The van der Waals surface area contributed by atoms with Gasteiger partial charge >= 0.3 is 6.18 Å². The number of hydrogen-bond acceptors (Lipinski definition) is 4. The van der Waals surface area contributed by atoms with E-state index in [1.54, 1.807) is 6.20 Å². The quantitative estimate of drug-likeness (QED) is 0.691. The van der Waals surface area contributed by atoms with Crippen LogP contribution >= 0.6 is 0 Å². The number of aliphatic hydroxyl groups is 1. The van der Waals surface area contributed by atoms with Crippen molar-refractivity contribution in [3.63, 3.8) is 0 Å². The Labute approximate surface area is 171 Å². The van der Waals surface area contributed by atoms with Crippen molar-refractivity contribution in [1.29, 1.82) is 0 Å². The molecule has 156 valence electrons. The van der Waals surface area contributed by atoms with Gasteiger partial charge in [-0.2, -0.15) is 13.2 Å². The van der Waals surface area contributed by atoms with Gasteiger partial charge in [-0.25, -0.2) is 0 Å². The Hall–Kier alpha value is -2.74. The molecule has 2 aromatic heterocycles. The summed E-state index contributed by atoms with van der Waals surface area (Å²) in [6.07, 6.45) is 1.52. The number of fused-ring (bicyclic) bond motifs is 3. The molecule has 1 atom stereocenters. The highest BCUT2D eigenvalue weighted by Gasteiger charge is 2.51. The van der Waals surface area contributed by atoms with Crippen molar-refractivity contribution in [2.24, 2.45) is 0 Å². The van der Waals surface area contributed by atoms with Gasteiger partial charge in [0.1, 0.15) is 11.6 Å². The highest BCUT2D eigenvalue weighted by atomic mass is 19.4. The van der Waals surface area contributed by atoms with Gasteiger partial charge < -0.3 is 5.11 Å². The first-order chi connectivity index (χ1) is 14.2. The lowest BCUT2D eigenvalue weighted by Gasteiger charge is -2.27. The van der Waals surface area contributed by atoms with Crippen LogP contribution in [0, 0.1) is 6.92 Å². The topological polar surface area (TPSA) is 63.8 Å². The average molecular weight is 414 g/mol. The molecule has 5 nitrogen and oxygen atoms in total. The normalized spacial score (nSPS) is 17.9. The number of nitrogens with zero attached hydrogens (tertiary/aromatic N) is 4. The summed E-state index contributed by atoms with van der Waals surface area (Å²) in [5.74, 6) is 2.13. The number of aryl methyl sites for hydroxylation is 3. The summed E-state index contributed by atoms with van der Waals surface area (Å²) in [5, 5.41) is 18.6. The fraction of sp³-hybridized carbons (Fsp3) is 0.409. The number of halogens is 3. The van der Waals surface area contributed by atoms with E-state index in [0.717, 1.165) is 72.8 Å². The van der Waals surface area contributed by atoms with Crippen molar-refractivity contribution in [3.8, 4) is 16.8 Å². The van der Waals surface area contributed by atoms with Gasteiger partial charge in [0.05, 0.1) is 5.69 Å². The average Bonchev–Trinajstić information content (AvgIpc) is 3.48. The summed E-state index contributed by atoms with van der Waals surface area (Å²) in [6, 6.07) is 5.61. The van der Waals surface area contributed by atoms with E-state index in [1.807, 2.05) is 6.92 Å². The molecule has 5 rings (SSSR count). The van der Waals surface area contributed by atoms with Gasteiger partial charge in [0.25, 0.3) is 0 Å². The summed E-state index contributed by atoms with van der Waals surface area (Å²) in [7, 11) is 0. The summed E-state index contributed by atoms with van der Waals surface area (Å²) >= 11 is 0.